The highest BCUT2D eigenvalue weighted by atomic mass is 16.5. The molecule has 1 aliphatic rings. The fourth-order valence-corrected chi connectivity index (χ4v) is 2.06. The molecule has 1 heterocycles. The zero-order chi connectivity index (χ0) is 12.3. The molecular formula is C13H14O4. The maximum Gasteiger partial charge on any atom is 0.377 e. The highest BCUT2D eigenvalue weighted by molar-refractivity contribution is 6.39. The van der Waals surface area contributed by atoms with Crippen LogP contribution in [0.1, 0.15) is 34.7 Å². The highest BCUT2D eigenvalue weighted by Gasteiger charge is 2.18. The monoisotopic (exact) mass is 234 g/mol. The number of carboxylic acids is 1. The van der Waals surface area contributed by atoms with Gasteiger partial charge in [0.25, 0.3) is 5.78 Å². The zero-order valence-electron chi connectivity index (χ0n) is 9.39. The van der Waals surface area contributed by atoms with Crippen LogP contribution in [0.25, 0.3) is 0 Å². The van der Waals surface area contributed by atoms with E-state index < -0.39 is 11.8 Å². The first-order valence-electron chi connectivity index (χ1n) is 5.64. The molecule has 4 heteroatoms. The van der Waals surface area contributed by atoms with Crippen molar-refractivity contribution in [2.24, 2.45) is 0 Å². The Kier molecular flexibility index (Phi) is 3.54. The first-order valence-corrected chi connectivity index (χ1v) is 5.64. The molecule has 0 saturated carbocycles. The molecule has 1 aromatic carbocycles. The van der Waals surface area contributed by atoms with Gasteiger partial charge in [-0.15, -0.1) is 0 Å². The molecule has 1 N–H and O–H groups in total. The molecule has 0 aliphatic carbocycles. The summed E-state index contributed by atoms with van der Waals surface area (Å²) in [5, 5.41) is 8.59. The Labute approximate surface area is 99.2 Å². The summed E-state index contributed by atoms with van der Waals surface area (Å²) in [4.78, 5) is 21.7. The van der Waals surface area contributed by atoms with Crippen LogP contribution in [-0.4, -0.2) is 30.1 Å². The van der Waals surface area contributed by atoms with Crippen molar-refractivity contribution >= 4 is 11.8 Å². The Balaban J connectivity index is 2.12. The summed E-state index contributed by atoms with van der Waals surface area (Å²) >= 11 is 0. The molecule has 1 fully saturated rings. The second-order valence-electron chi connectivity index (χ2n) is 4.14. The number of carbonyl (C=O) groups is 2. The minimum Gasteiger partial charge on any atom is -0.475 e. The van der Waals surface area contributed by atoms with Gasteiger partial charge in [0.2, 0.25) is 0 Å². The van der Waals surface area contributed by atoms with Gasteiger partial charge < -0.3 is 9.84 Å². The van der Waals surface area contributed by atoms with E-state index in [1.807, 2.05) is 12.1 Å². The largest absolute Gasteiger partial charge is 0.475 e. The smallest absolute Gasteiger partial charge is 0.377 e. The van der Waals surface area contributed by atoms with Crippen LogP contribution in [0.5, 0.6) is 0 Å². The molecule has 0 spiro atoms. The quantitative estimate of drug-likeness (QED) is 0.640. The van der Waals surface area contributed by atoms with Crippen LogP contribution in [0, 0.1) is 0 Å². The molecule has 2 rings (SSSR count). The van der Waals surface area contributed by atoms with Gasteiger partial charge >= 0.3 is 5.97 Å². The normalized spacial score (nSPS) is 16.7. The molecule has 17 heavy (non-hydrogen) atoms. The number of Topliss-reactive ketones (excluding diaryl/α,β-unsaturated/α-hetero) is 1. The number of carboxylic acid groups (broad SMARTS) is 1. The summed E-state index contributed by atoms with van der Waals surface area (Å²) in [6.45, 7) is 1.53. The molecular weight excluding hydrogens is 220 g/mol. The van der Waals surface area contributed by atoms with E-state index >= 15 is 0 Å². The van der Waals surface area contributed by atoms with Gasteiger partial charge in [0.05, 0.1) is 0 Å². The molecule has 0 bridgehead atoms. The summed E-state index contributed by atoms with van der Waals surface area (Å²) in [5.41, 5.74) is 1.38. The lowest BCUT2D eigenvalue weighted by molar-refractivity contribution is -0.131. The molecule has 1 aliphatic heterocycles. The number of hydrogen-bond donors (Lipinski definition) is 1. The number of hydrogen-bond acceptors (Lipinski definition) is 3. The molecule has 0 amide bonds. The Bertz CT molecular complexity index is 416. The predicted octanol–water partition coefficient (Wildman–Crippen LogP) is 1.85. The first kappa shape index (κ1) is 11.8. The van der Waals surface area contributed by atoms with Gasteiger partial charge in [0.15, 0.2) is 0 Å². The summed E-state index contributed by atoms with van der Waals surface area (Å²) in [7, 11) is 0. The number of benzene rings is 1. The molecule has 4 nitrogen and oxygen atoms in total. The topological polar surface area (TPSA) is 63.6 Å². The second-order valence-corrected chi connectivity index (χ2v) is 4.14. The van der Waals surface area contributed by atoms with Crippen molar-refractivity contribution in [3.05, 3.63) is 35.4 Å². The first-order chi connectivity index (χ1) is 8.18. The molecule has 0 atom stereocenters. The summed E-state index contributed by atoms with van der Waals surface area (Å²) in [6.07, 6.45) is 1.96. The van der Waals surface area contributed by atoms with E-state index in [1.54, 1.807) is 12.1 Å². The van der Waals surface area contributed by atoms with Crippen LogP contribution in [0.2, 0.25) is 0 Å². The van der Waals surface area contributed by atoms with Crippen LogP contribution in [0.3, 0.4) is 0 Å². The highest BCUT2D eigenvalue weighted by Crippen LogP contribution is 2.26. The summed E-state index contributed by atoms with van der Waals surface area (Å²) < 4.78 is 5.28. The van der Waals surface area contributed by atoms with Crippen LogP contribution in [0.4, 0.5) is 0 Å². The van der Waals surface area contributed by atoms with E-state index in [1.165, 1.54) is 0 Å². The van der Waals surface area contributed by atoms with Gasteiger partial charge in [0.1, 0.15) is 0 Å². The molecule has 1 saturated heterocycles. The Morgan fingerprint density at radius 3 is 2.24 bits per heavy atom. The van der Waals surface area contributed by atoms with E-state index in [0.29, 0.717) is 5.92 Å². The van der Waals surface area contributed by atoms with E-state index in [4.69, 9.17) is 9.84 Å². The van der Waals surface area contributed by atoms with Gasteiger partial charge in [-0.1, -0.05) is 24.3 Å². The van der Waals surface area contributed by atoms with Gasteiger partial charge in [-0.3, -0.25) is 4.79 Å². The predicted molar refractivity (Wildman–Crippen MR) is 61.2 cm³/mol. The zero-order valence-corrected chi connectivity index (χ0v) is 9.39. The van der Waals surface area contributed by atoms with Crippen LogP contribution in [-0.2, 0) is 9.53 Å². The third-order valence-electron chi connectivity index (χ3n) is 3.06. The van der Waals surface area contributed by atoms with Gasteiger partial charge in [0, 0.05) is 18.8 Å². The maximum atomic E-state index is 11.2. The van der Waals surface area contributed by atoms with E-state index in [0.717, 1.165) is 31.6 Å². The Morgan fingerprint density at radius 1 is 1.12 bits per heavy atom. The minimum atomic E-state index is -1.41. The number of ether oxygens (including phenoxy) is 1. The number of ketones is 1. The lowest BCUT2D eigenvalue weighted by atomic mass is 9.91. The van der Waals surface area contributed by atoms with Crippen LogP contribution < -0.4 is 0 Å². The van der Waals surface area contributed by atoms with Crippen molar-refractivity contribution in [2.75, 3.05) is 13.2 Å². The number of carbonyl (C=O) groups excluding carboxylic acids is 1. The average Bonchev–Trinajstić information content (AvgIpc) is 2.39. The average molecular weight is 234 g/mol. The Hall–Kier alpha value is -1.68. The summed E-state index contributed by atoms with van der Waals surface area (Å²) in [5.74, 6) is -1.81. The molecule has 1 aromatic rings. The van der Waals surface area contributed by atoms with E-state index in [-0.39, 0.29) is 5.56 Å². The van der Waals surface area contributed by atoms with E-state index in [2.05, 4.69) is 0 Å². The SMILES string of the molecule is O=C(O)C(=O)c1ccc(C2CCOCC2)cc1. The summed E-state index contributed by atoms with van der Waals surface area (Å²) in [6, 6.07) is 6.85. The third-order valence-corrected chi connectivity index (χ3v) is 3.06. The molecule has 0 radical (unpaired) electrons. The van der Waals surface area contributed by atoms with Crippen molar-refractivity contribution in [1.29, 1.82) is 0 Å². The van der Waals surface area contributed by atoms with Crippen molar-refractivity contribution in [3.8, 4) is 0 Å². The minimum absolute atomic E-state index is 0.230. The second kappa shape index (κ2) is 5.10. The van der Waals surface area contributed by atoms with E-state index in [9.17, 15) is 9.59 Å². The molecule has 0 unspecified atom stereocenters. The van der Waals surface area contributed by atoms with Gasteiger partial charge in [-0.2, -0.15) is 0 Å². The fraction of sp³-hybridized carbons (Fsp3) is 0.385. The lowest BCUT2D eigenvalue weighted by Crippen LogP contribution is -2.15. The van der Waals surface area contributed by atoms with Crippen molar-refractivity contribution in [2.45, 2.75) is 18.8 Å². The van der Waals surface area contributed by atoms with Crippen LogP contribution in [0.15, 0.2) is 24.3 Å². The van der Waals surface area contributed by atoms with Gasteiger partial charge in [-0.25, -0.2) is 4.79 Å². The number of aliphatic carboxylic acids is 1. The lowest BCUT2D eigenvalue weighted by Gasteiger charge is -2.22. The number of rotatable bonds is 3. The van der Waals surface area contributed by atoms with Crippen molar-refractivity contribution < 1.29 is 19.4 Å². The molecule has 90 valence electrons. The maximum absolute atomic E-state index is 11.2. The Morgan fingerprint density at radius 2 is 1.71 bits per heavy atom. The fourth-order valence-electron chi connectivity index (χ4n) is 2.06. The van der Waals surface area contributed by atoms with Crippen molar-refractivity contribution in [3.63, 3.8) is 0 Å². The van der Waals surface area contributed by atoms with Crippen molar-refractivity contribution in [1.82, 2.24) is 0 Å². The van der Waals surface area contributed by atoms with Crippen LogP contribution >= 0.6 is 0 Å². The van der Waals surface area contributed by atoms with Gasteiger partial charge in [-0.05, 0) is 24.3 Å². The molecule has 0 aromatic heterocycles. The third kappa shape index (κ3) is 2.71. The standard InChI is InChI=1S/C13H14O4/c14-12(13(15)16)11-3-1-9(2-4-11)10-5-7-17-8-6-10/h1-4,10H,5-8H2,(H,15,16).